The van der Waals surface area contributed by atoms with Gasteiger partial charge in [-0.25, -0.2) is 4.79 Å². The standard InChI is InChI=1S/C18H23N3O3S/c1-3-24-18(23)21-12-10-20(11-13-21)17(25)19-16(22)9-8-15-6-4-14(2)5-7-15/h4-9H,3,10-13H2,1-2H3,(H,19,22,25). The second-order valence-electron chi connectivity index (χ2n) is 5.71. The molecule has 0 aliphatic carbocycles. The molecule has 1 fully saturated rings. The van der Waals surface area contributed by atoms with Crippen molar-refractivity contribution in [2.75, 3.05) is 32.8 Å². The van der Waals surface area contributed by atoms with Crippen LogP contribution in [0, 0.1) is 6.92 Å². The topological polar surface area (TPSA) is 61.9 Å². The summed E-state index contributed by atoms with van der Waals surface area (Å²) < 4.78 is 4.98. The molecule has 0 spiro atoms. The summed E-state index contributed by atoms with van der Waals surface area (Å²) >= 11 is 5.28. The molecule has 2 rings (SSSR count). The average molecular weight is 361 g/mol. The maximum Gasteiger partial charge on any atom is 0.409 e. The Hall–Kier alpha value is -2.41. The van der Waals surface area contributed by atoms with Gasteiger partial charge in [-0.15, -0.1) is 0 Å². The Labute approximate surface area is 153 Å². The van der Waals surface area contributed by atoms with E-state index in [4.69, 9.17) is 17.0 Å². The van der Waals surface area contributed by atoms with E-state index in [0.717, 1.165) is 5.56 Å². The number of nitrogens with zero attached hydrogens (tertiary/aromatic N) is 2. The maximum atomic E-state index is 12.0. The molecule has 1 aromatic rings. The van der Waals surface area contributed by atoms with E-state index in [2.05, 4.69) is 5.32 Å². The number of rotatable bonds is 3. The highest BCUT2D eigenvalue weighted by Crippen LogP contribution is 2.06. The third-order valence-corrected chi connectivity index (χ3v) is 4.19. The molecule has 0 radical (unpaired) electrons. The Morgan fingerprint density at radius 1 is 1.16 bits per heavy atom. The summed E-state index contributed by atoms with van der Waals surface area (Å²) in [5.74, 6) is -0.265. The highest BCUT2D eigenvalue weighted by atomic mass is 32.1. The van der Waals surface area contributed by atoms with Crippen molar-refractivity contribution < 1.29 is 14.3 Å². The predicted octanol–water partition coefficient (Wildman–Crippen LogP) is 2.18. The molecule has 0 bridgehead atoms. The normalized spacial score (nSPS) is 14.5. The van der Waals surface area contributed by atoms with Crippen LogP contribution < -0.4 is 5.32 Å². The van der Waals surface area contributed by atoms with E-state index in [1.807, 2.05) is 36.1 Å². The zero-order valence-electron chi connectivity index (χ0n) is 14.5. The van der Waals surface area contributed by atoms with Gasteiger partial charge in [-0.2, -0.15) is 0 Å². The fourth-order valence-corrected chi connectivity index (χ4v) is 2.67. The van der Waals surface area contributed by atoms with Gasteiger partial charge >= 0.3 is 6.09 Å². The molecule has 1 aliphatic rings. The van der Waals surface area contributed by atoms with Crippen molar-refractivity contribution in [1.29, 1.82) is 0 Å². The SMILES string of the molecule is CCOC(=O)N1CCN(C(=S)NC(=O)C=Cc2ccc(C)cc2)CC1. The Morgan fingerprint density at radius 2 is 1.76 bits per heavy atom. The van der Waals surface area contributed by atoms with Crippen molar-refractivity contribution in [2.24, 2.45) is 0 Å². The molecule has 0 saturated carbocycles. The molecule has 25 heavy (non-hydrogen) atoms. The lowest BCUT2D eigenvalue weighted by Crippen LogP contribution is -2.53. The smallest absolute Gasteiger partial charge is 0.409 e. The van der Waals surface area contributed by atoms with Gasteiger partial charge in [-0.1, -0.05) is 29.8 Å². The molecule has 1 aliphatic heterocycles. The Kier molecular flexibility index (Phi) is 6.94. The van der Waals surface area contributed by atoms with Gasteiger partial charge in [-0.3, -0.25) is 10.1 Å². The first-order chi connectivity index (χ1) is 12.0. The fourth-order valence-electron chi connectivity index (χ4n) is 2.38. The minimum Gasteiger partial charge on any atom is -0.450 e. The van der Waals surface area contributed by atoms with E-state index < -0.39 is 0 Å². The molecule has 0 atom stereocenters. The van der Waals surface area contributed by atoms with Crippen LogP contribution in [0.5, 0.6) is 0 Å². The van der Waals surface area contributed by atoms with E-state index >= 15 is 0 Å². The molecule has 1 saturated heterocycles. The summed E-state index contributed by atoms with van der Waals surface area (Å²) in [7, 11) is 0. The van der Waals surface area contributed by atoms with Gasteiger partial charge in [0.05, 0.1) is 6.61 Å². The first-order valence-corrected chi connectivity index (χ1v) is 8.66. The molecule has 2 amide bonds. The van der Waals surface area contributed by atoms with Crippen LogP contribution in [-0.2, 0) is 9.53 Å². The molecule has 6 nitrogen and oxygen atoms in total. The molecule has 7 heteroatoms. The summed E-state index contributed by atoms with van der Waals surface area (Å²) in [5, 5.41) is 3.07. The largest absolute Gasteiger partial charge is 0.450 e. The van der Waals surface area contributed by atoms with Crippen LogP contribution in [0.25, 0.3) is 6.08 Å². The zero-order valence-corrected chi connectivity index (χ0v) is 15.3. The minimum absolute atomic E-state index is 0.265. The van der Waals surface area contributed by atoms with Crippen molar-refractivity contribution in [3.63, 3.8) is 0 Å². The molecular formula is C18H23N3O3S. The van der Waals surface area contributed by atoms with Gasteiger partial charge in [0.1, 0.15) is 0 Å². The summed E-state index contributed by atoms with van der Waals surface area (Å²) in [6, 6.07) is 7.88. The Morgan fingerprint density at radius 3 is 2.36 bits per heavy atom. The van der Waals surface area contributed by atoms with Crippen molar-refractivity contribution >= 4 is 35.4 Å². The Bertz CT molecular complexity index is 650. The fraction of sp³-hybridized carbons (Fsp3) is 0.389. The first-order valence-electron chi connectivity index (χ1n) is 8.26. The van der Waals surface area contributed by atoms with Gasteiger partial charge in [-0.05, 0) is 37.7 Å². The molecule has 134 valence electrons. The molecule has 1 heterocycles. The van der Waals surface area contributed by atoms with Crippen molar-refractivity contribution in [2.45, 2.75) is 13.8 Å². The highest BCUT2D eigenvalue weighted by molar-refractivity contribution is 7.80. The number of amides is 2. The van der Waals surface area contributed by atoms with Crippen molar-refractivity contribution in [1.82, 2.24) is 15.1 Å². The van der Waals surface area contributed by atoms with Crippen LogP contribution in [-0.4, -0.2) is 59.7 Å². The van der Waals surface area contributed by atoms with Crippen molar-refractivity contribution in [3.05, 3.63) is 41.5 Å². The number of thiocarbonyl (C=S) groups is 1. The van der Waals surface area contributed by atoms with Crippen LogP contribution in [0.4, 0.5) is 4.79 Å². The number of piperazine rings is 1. The lowest BCUT2D eigenvalue weighted by Gasteiger charge is -2.35. The van der Waals surface area contributed by atoms with Gasteiger partial charge in [0.2, 0.25) is 5.91 Å². The number of carbonyl (C=O) groups excluding carboxylic acids is 2. The third-order valence-electron chi connectivity index (χ3n) is 3.83. The lowest BCUT2D eigenvalue weighted by atomic mass is 10.1. The third kappa shape index (κ3) is 5.86. The first kappa shape index (κ1) is 18.9. The predicted molar refractivity (Wildman–Crippen MR) is 101 cm³/mol. The summed E-state index contributed by atoms with van der Waals surface area (Å²) in [6.45, 7) is 6.34. The van der Waals surface area contributed by atoms with Crippen LogP contribution in [0.2, 0.25) is 0 Å². The second kappa shape index (κ2) is 9.17. The summed E-state index contributed by atoms with van der Waals surface area (Å²) in [6.07, 6.45) is 2.90. The summed E-state index contributed by atoms with van der Waals surface area (Å²) in [5.41, 5.74) is 2.12. The second-order valence-corrected chi connectivity index (χ2v) is 6.10. The van der Waals surface area contributed by atoms with Gasteiger partial charge in [0.15, 0.2) is 5.11 Å². The monoisotopic (exact) mass is 361 g/mol. The van der Waals surface area contributed by atoms with E-state index in [0.29, 0.717) is 37.9 Å². The summed E-state index contributed by atoms with van der Waals surface area (Å²) in [4.78, 5) is 27.2. The number of hydrogen-bond donors (Lipinski definition) is 1. The number of ether oxygens (including phenoxy) is 1. The molecule has 1 aromatic carbocycles. The highest BCUT2D eigenvalue weighted by Gasteiger charge is 2.23. The van der Waals surface area contributed by atoms with Crippen LogP contribution >= 0.6 is 12.2 Å². The van der Waals surface area contributed by atoms with Crippen LogP contribution in [0.15, 0.2) is 30.3 Å². The quantitative estimate of drug-likeness (QED) is 0.660. The number of benzene rings is 1. The van der Waals surface area contributed by atoms with Crippen molar-refractivity contribution in [3.8, 4) is 0 Å². The van der Waals surface area contributed by atoms with Gasteiger partial charge in [0.25, 0.3) is 0 Å². The Balaban J connectivity index is 1.79. The molecular weight excluding hydrogens is 338 g/mol. The number of hydrogen-bond acceptors (Lipinski definition) is 4. The number of aryl methyl sites for hydroxylation is 1. The lowest BCUT2D eigenvalue weighted by molar-refractivity contribution is -0.115. The van der Waals surface area contributed by atoms with E-state index in [9.17, 15) is 9.59 Å². The van der Waals surface area contributed by atoms with E-state index in [-0.39, 0.29) is 12.0 Å². The van der Waals surface area contributed by atoms with E-state index in [1.165, 1.54) is 11.6 Å². The molecule has 0 aromatic heterocycles. The molecule has 0 unspecified atom stereocenters. The van der Waals surface area contributed by atoms with Crippen LogP contribution in [0.3, 0.4) is 0 Å². The molecule has 1 N–H and O–H groups in total. The van der Waals surface area contributed by atoms with Gasteiger partial charge in [0, 0.05) is 32.3 Å². The maximum absolute atomic E-state index is 12.0. The van der Waals surface area contributed by atoms with Gasteiger partial charge < -0.3 is 14.5 Å². The van der Waals surface area contributed by atoms with Crippen LogP contribution in [0.1, 0.15) is 18.1 Å². The number of nitrogens with one attached hydrogen (secondary N) is 1. The van der Waals surface area contributed by atoms with E-state index in [1.54, 1.807) is 17.9 Å². The minimum atomic E-state index is -0.307. The number of carbonyl (C=O) groups is 2. The zero-order chi connectivity index (χ0) is 18.2. The average Bonchev–Trinajstić information content (AvgIpc) is 2.61.